The van der Waals surface area contributed by atoms with Gasteiger partial charge < -0.3 is 0 Å². The monoisotopic (exact) mass is 708 g/mol. The van der Waals surface area contributed by atoms with Crippen molar-refractivity contribution < 1.29 is 25.6 Å². The first kappa shape index (κ1) is 27.8. The molecule has 0 fully saturated rings. The maximum atomic E-state index is 15.9. The minimum Gasteiger partial charge on any atom is -0.262 e. The summed E-state index contributed by atoms with van der Waals surface area (Å²) in [5, 5.41) is 7.09. The van der Waals surface area contributed by atoms with Gasteiger partial charge in [0, 0.05) is 50.9 Å². The van der Waals surface area contributed by atoms with Crippen LogP contribution in [0.4, 0.5) is 14.5 Å². The number of rotatable bonds is 5. The van der Waals surface area contributed by atoms with E-state index in [1.54, 1.807) is 6.07 Å². The summed E-state index contributed by atoms with van der Waals surface area (Å²) in [6, 6.07) is 5.16. The van der Waals surface area contributed by atoms with Crippen molar-refractivity contribution in [3.05, 3.63) is 99.2 Å². The lowest BCUT2D eigenvalue weighted by Gasteiger charge is -2.24. The van der Waals surface area contributed by atoms with Crippen LogP contribution in [0.1, 0.15) is 11.1 Å². The Labute approximate surface area is 242 Å². The molecule has 0 unspecified atom stereocenters. The van der Waals surface area contributed by atoms with E-state index >= 15 is 4.39 Å². The zero-order valence-corrected chi connectivity index (χ0v) is 24.4. The third kappa shape index (κ3) is 5.20. The molecule has 0 bridgehead atoms. The molecule has 0 aliphatic heterocycles. The maximum Gasteiger partial charge on any atom is 0.279 e. The van der Waals surface area contributed by atoms with E-state index in [2.05, 4.69) is 68.9 Å². The van der Waals surface area contributed by atoms with E-state index in [0.717, 1.165) is 30.6 Å². The highest BCUT2D eigenvalue weighted by molar-refractivity contribution is 9.10. The van der Waals surface area contributed by atoms with Crippen LogP contribution < -0.4 is 3.71 Å². The van der Waals surface area contributed by atoms with Crippen molar-refractivity contribution >= 4 is 68.6 Å². The van der Waals surface area contributed by atoms with Gasteiger partial charge in [-0.25, -0.2) is 13.8 Å². The normalized spacial score (nSPS) is 11.7. The van der Waals surface area contributed by atoms with Gasteiger partial charge in [-0.1, -0.05) is 11.8 Å². The summed E-state index contributed by atoms with van der Waals surface area (Å²) in [5.41, 5.74) is -1.11. The molecule has 4 aromatic heterocycles. The van der Waals surface area contributed by atoms with Gasteiger partial charge in [-0.2, -0.15) is 25.6 Å². The fourth-order valence-electron chi connectivity index (χ4n) is 3.48. The predicted octanol–water partition coefficient (Wildman–Crippen LogP) is 4.54. The number of halogens is 4. The highest BCUT2D eigenvalue weighted by atomic mass is 79.9. The zero-order valence-electron chi connectivity index (χ0n) is 19.5. The molecule has 1 aromatic carbocycles. The molecule has 5 rings (SSSR count). The lowest BCUT2D eigenvalue weighted by Crippen LogP contribution is -2.38. The van der Waals surface area contributed by atoms with Gasteiger partial charge in [-0.15, -0.1) is 0 Å². The van der Waals surface area contributed by atoms with Gasteiger partial charge in [0.05, 0.1) is 11.8 Å². The van der Waals surface area contributed by atoms with Crippen molar-refractivity contribution in [2.45, 2.75) is 9.79 Å². The summed E-state index contributed by atoms with van der Waals surface area (Å²) in [6.07, 6.45) is 7.16. The minimum atomic E-state index is -5.05. The summed E-state index contributed by atoms with van der Waals surface area (Å²) in [6.45, 7) is 0. The van der Waals surface area contributed by atoms with E-state index in [0.29, 0.717) is 17.1 Å². The molecule has 16 heteroatoms. The molecule has 0 aliphatic carbocycles. The summed E-state index contributed by atoms with van der Waals surface area (Å²) in [7, 11) is -10.1. The van der Waals surface area contributed by atoms with Crippen molar-refractivity contribution in [3.8, 4) is 11.8 Å². The highest BCUT2D eigenvalue weighted by Crippen LogP contribution is 2.35. The van der Waals surface area contributed by atoms with Gasteiger partial charge >= 0.3 is 0 Å². The van der Waals surface area contributed by atoms with Gasteiger partial charge in [0.25, 0.3) is 20.0 Å². The van der Waals surface area contributed by atoms with E-state index in [1.165, 1.54) is 24.8 Å². The van der Waals surface area contributed by atoms with E-state index in [4.69, 9.17) is 0 Å². The zero-order chi connectivity index (χ0) is 28.7. The lowest BCUT2D eigenvalue weighted by atomic mass is 10.1. The minimum absolute atomic E-state index is 0.133. The topological polar surface area (TPSA) is 139 Å². The molecule has 1 N–H and O–H groups in total. The maximum absolute atomic E-state index is 15.9. The number of hydrogen-bond acceptors (Lipinski definition) is 8. The molecule has 0 saturated carbocycles. The van der Waals surface area contributed by atoms with Crippen molar-refractivity contribution in [2.75, 3.05) is 3.71 Å². The smallest absolute Gasteiger partial charge is 0.262 e. The number of H-pyrrole nitrogens is 1. The molecule has 0 amide bonds. The second-order valence-corrected chi connectivity index (χ2v) is 13.6. The highest BCUT2D eigenvalue weighted by Gasteiger charge is 2.40. The quantitative estimate of drug-likeness (QED) is 0.263. The predicted molar refractivity (Wildman–Crippen MR) is 147 cm³/mol. The van der Waals surface area contributed by atoms with E-state index in [1.807, 2.05) is 0 Å². The number of sulfonamides is 2. The summed E-state index contributed by atoms with van der Waals surface area (Å²) in [4.78, 5) is 10.5. The van der Waals surface area contributed by atoms with Crippen LogP contribution in [0.5, 0.6) is 0 Å². The van der Waals surface area contributed by atoms with Gasteiger partial charge in [0.15, 0.2) is 11.5 Å². The number of anilines is 1. The molecule has 0 spiro atoms. The van der Waals surface area contributed by atoms with Gasteiger partial charge in [0.2, 0.25) is 0 Å². The number of benzene rings is 1. The first-order valence-electron chi connectivity index (χ1n) is 10.8. The van der Waals surface area contributed by atoms with Crippen LogP contribution in [0.25, 0.3) is 11.0 Å². The molecule has 0 atom stereocenters. The molecule has 40 heavy (non-hydrogen) atoms. The van der Waals surface area contributed by atoms with Gasteiger partial charge in [-0.3, -0.25) is 15.1 Å². The van der Waals surface area contributed by atoms with Crippen molar-refractivity contribution in [1.82, 2.24) is 25.1 Å². The van der Waals surface area contributed by atoms with Crippen LogP contribution >= 0.6 is 31.9 Å². The fraction of sp³-hybridized carbons (Fsp3) is 0. The van der Waals surface area contributed by atoms with Crippen molar-refractivity contribution in [1.29, 1.82) is 0 Å². The van der Waals surface area contributed by atoms with E-state index in [9.17, 15) is 21.2 Å². The van der Waals surface area contributed by atoms with Crippen LogP contribution in [-0.4, -0.2) is 42.0 Å². The van der Waals surface area contributed by atoms with Gasteiger partial charge in [-0.05, 0) is 62.2 Å². The average molecular weight is 710 g/mol. The molecule has 5 aromatic rings. The summed E-state index contributed by atoms with van der Waals surface area (Å²) in [5.74, 6) is 2.22. The number of pyridine rings is 3. The molecular weight excluding hydrogens is 698 g/mol. The molecule has 10 nitrogen and oxygen atoms in total. The average Bonchev–Trinajstić information content (AvgIpc) is 3.38. The number of nitrogens with one attached hydrogen (secondary N) is 1. The molecule has 0 radical (unpaired) electrons. The van der Waals surface area contributed by atoms with Crippen LogP contribution in [0.2, 0.25) is 0 Å². The Hall–Kier alpha value is -3.78. The Kier molecular flexibility index (Phi) is 7.40. The second kappa shape index (κ2) is 10.7. The number of hydrogen-bond donors (Lipinski definition) is 1. The Morgan fingerprint density at radius 1 is 0.800 bits per heavy atom. The third-order valence-electron chi connectivity index (χ3n) is 5.28. The largest absolute Gasteiger partial charge is 0.279 e. The Balaban J connectivity index is 1.72. The standard InChI is InChI=1S/C24H12Br2F2N6O4S2/c25-16-6-18(12-29-10-16)39(35,36)34(40(37,38)19-7-17(26)11-30-13-19)22-4-3-21(27)20(23(22)28)2-1-14-5-15-9-32-33-24(15)31-8-14/h3-13H,(H,31,32,33). The summed E-state index contributed by atoms with van der Waals surface area (Å²) >= 11 is 6.18. The molecule has 0 aliphatic rings. The van der Waals surface area contributed by atoms with E-state index < -0.39 is 52.7 Å². The first-order chi connectivity index (χ1) is 19.0. The number of nitrogens with zero attached hydrogens (tertiary/aromatic N) is 5. The number of fused-ring (bicyclic) bond motifs is 1. The van der Waals surface area contributed by atoms with Crippen LogP contribution in [0, 0.1) is 23.5 Å². The SMILES string of the molecule is O=S(=O)(c1cncc(Br)c1)N(c1ccc(F)c(C#Cc2cnc3[nH]ncc3c2)c1F)S(=O)(=O)c1cncc(Br)c1. The second-order valence-electron chi connectivity index (χ2n) is 7.92. The van der Waals surface area contributed by atoms with Crippen molar-refractivity contribution in [2.24, 2.45) is 0 Å². The lowest BCUT2D eigenvalue weighted by molar-refractivity contribution is 0.568. The molecule has 0 saturated heterocycles. The number of aromatic nitrogens is 5. The van der Waals surface area contributed by atoms with Crippen LogP contribution in [0.15, 0.2) is 86.2 Å². The molecular formula is C24H12Br2F2N6O4S2. The van der Waals surface area contributed by atoms with E-state index in [-0.39, 0.29) is 18.2 Å². The molecule has 202 valence electrons. The van der Waals surface area contributed by atoms with Gasteiger partial charge in [0.1, 0.15) is 21.3 Å². The summed E-state index contributed by atoms with van der Waals surface area (Å²) < 4.78 is 86.1. The Morgan fingerprint density at radius 3 is 2.02 bits per heavy atom. The Bertz CT molecular complexity index is 2000. The van der Waals surface area contributed by atoms with Crippen LogP contribution in [-0.2, 0) is 20.0 Å². The third-order valence-corrected chi connectivity index (χ3v) is 10.2. The van der Waals surface area contributed by atoms with Crippen molar-refractivity contribution in [3.63, 3.8) is 0 Å². The Morgan fingerprint density at radius 2 is 1.43 bits per heavy atom. The number of aromatic amines is 1. The first-order valence-corrected chi connectivity index (χ1v) is 15.3. The fourth-order valence-corrected chi connectivity index (χ4v) is 8.19. The van der Waals surface area contributed by atoms with Crippen LogP contribution in [0.3, 0.4) is 0 Å². The molecule has 4 heterocycles.